The largest absolute Gasteiger partial charge is 0.338 e. The second-order valence-corrected chi connectivity index (χ2v) is 8.22. The number of rotatable bonds is 6. The number of amides is 2. The quantitative estimate of drug-likeness (QED) is 0.559. The SMILES string of the molecule is Cc1nc(-c2ccc(F)cc2)ccc1NC(=O)NCCc1ccc(S(N)(=O)=O)cc1. The molecule has 7 nitrogen and oxygen atoms in total. The van der Waals surface area contributed by atoms with Crippen molar-refractivity contribution in [3.05, 3.63) is 77.7 Å². The molecule has 0 saturated carbocycles. The zero-order chi connectivity index (χ0) is 21.7. The van der Waals surface area contributed by atoms with Crippen LogP contribution in [-0.4, -0.2) is 26.0 Å². The zero-order valence-corrected chi connectivity index (χ0v) is 17.0. The molecule has 9 heteroatoms. The number of hydrogen-bond donors (Lipinski definition) is 3. The number of nitrogens with one attached hydrogen (secondary N) is 2. The Bertz CT molecular complexity index is 1150. The van der Waals surface area contributed by atoms with Gasteiger partial charge in [-0.1, -0.05) is 12.1 Å². The maximum absolute atomic E-state index is 13.1. The van der Waals surface area contributed by atoms with Crippen molar-refractivity contribution in [3.8, 4) is 11.3 Å². The Kier molecular flexibility index (Phi) is 6.43. The molecule has 2 amide bonds. The van der Waals surface area contributed by atoms with Gasteiger partial charge >= 0.3 is 6.03 Å². The summed E-state index contributed by atoms with van der Waals surface area (Å²) in [6.45, 7) is 2.14. The topological polar surface area (TPSA) is 114 Å². The lowest BCUT2D eigenvalue weighted by molar-refractivity contribution is 0.252. The fourth-order valence-corrected chi connectivity index (χ4v) is 3.32. The van der Waals surface area contributed by atoms with Gasteiger partial charge in [0.25, 0.3) is 0 Å². The van der Waals surface area contributed by atoms with E-state index in [0.717, 1.165) is 11.1 Å². The molecule has 3 rings (SSSR count). The molecule has 0 spiro atoms. The third-order valence-electron chi connectivity index (χ3n) is 4.43. The van der Waals surface area contributed by atoms with Gasteiger partial charge in [0.15, 0.2) is 0 Å². The summed E-state index contributed by atoms with van der Waals surface area (Å²) >= 11 is 0. The van der Waals surface area contributed by atoms with Crippen LogP contribution < -0.4 is 15.8 Å². The van der Waals surface area contributed by atoms with E-state index in [1.165, 1.54) is 24.3 Å². The van der Waals surface area contributed by atoms with Crippen LogP contribution in [0.1, 0.15) is 11.3 Å². The molecule has 4 N–H and O–H groups in total. The van der Waals surface area contributed by atoms with Crippen LogP contribution in [0.25, 0.3) is 11.3 Å². The monoisotopic (exact) mass is 428 g/mol. The number of aryl methyl sites for hydroxylation is 1. The molecule has 2 aromatic carbocycles. The number of aromatic nitrogens is 1. The number of pyridine rings is 1. The number of anilines is 1. The number of halogens is 1. The number of carbonyl (C=O) groups excluding carboxylic acids is 1. The third kappa shape index (κ3) is 5.62. The highest BCUT2D eigenvalue weighted by Crippen LogP contribution is 2.21. The van der Waals surface area contributed by atoms with Gasteiger partial charge in [0, 0.05) is 12.1 Å². The maximum atomic E-state index is 13.1. The van der Waals surface area contributed by atoms with Crippen molar-refractivity contribution in [2.45, 2.75) is 18.2 Å². The Morgan fingerprint density at radius 1 is 1.03 bits per heavy atom. The van der Waals surface area contributed by atoms with E-state index in [4.69, 9.17) is 5.14 Å². The summed E-state index contributed by atoms with van der Waals surface area (Å²) in [5.74, 6) is -0.314. The van der Waals surface area contributed by atoms with Crippen LogP contribution in [0.15, 0.2) is 65.6 Å². The van der Waals surface area contributed by atoms with Crippen molar-refractivity contribution in [2.75, 3.05) is 11.9 Å². The first-order valence-electron chi connectivity index (χ1n) is 9.12. The van der Waals surface area contributed by atoms with Crippen molar-refractivity contribution >= 4 is 21.7 Å². The standard InChI is InChI=1S/C21H21FN4O3S/c1-14-19(10-11-20(25-14)16-4-6-17(22)7-5-16)26-21(27)24-13-12-15-2-8-18(9-3-15)30(23,28)29/h2-11H,12-13H2,1H3,(H2,23,28,29)(H2,24,26,27). The molecule has 1 aromatic heterocycles. The lowest BCUT2D eigenvalue weighted by Gasteiger charge is -2.11. The predicted octanol–water partition coefficient (Wildman–Crippen LogP) is 3.21. The third-order valence-corrected chi connectivity index (χ3v) is 5.35. The first-order chi connectivity index (χ1) is 14.2. The highest BCUT2D eigenvalue weighted by Gasteiger charge is 2.09. The van der Waals surface area contributed by atoms with E-state index >= 15 is 0 Å². The first-order valence-corrected chi connectivity index (χ1v) is 10.7. The summed E-state index contributed by atoms with van der Waals surface area (Å²) in [6.07, 6.45) is 0.527. The molecule has 0 radical (unpaired) electrons. The van der Waals surface area contributed by atoms with E-state index in [9.17, 15) is 17.6 Å². The van der Waals surface area contributed by atoms with Crippen LogP contribution in [0.2, 0.25) is 0 Å². The molecule has 3 aromatic rings. The van der Waals surface area contributed by atoms with E-state index in [1.807, 2.05) is 0 Å². The zero-order valence-electron chi connectivity index (χ0n) is 16.2. The Labute approximate surface area is 174 Å². The fraction of sp³-hybridized carbons (Fsp3) is 0.143. The van der Waals surface area contributed by atoms with Gasteiger partial charge < -0.3 is 10.6 Å². The van der Waals surface area contributed by atoms with Gasteiger partial charge in [-0.05, 0) is 67.4 Å². The summed E-state index contributed by atoms with van der Waals surface area (Å²) < 4.78 is 35.6. The molecule has 0 unspecified atom stereocenters. The van der Waals surface area contributed by atoms with Crippen LogP contribution in [0.3, 0.4) is 0 Å². The molecule has 0 aliphatic carbocycles. The summed E-state index contributed by atoms with van der Waals surface area (Å²) in [5.41, 5.74) is 3.52. The Balaban J connectivity index is 1.54. The van der Waals surface area contributed by atoms with Gasteiger partial charge in [0.2, 0.25) is 10.0 Å². The smallest absolute Gasteiger partial charge is 0.319 e. The van der Waals surface area contributed by atoms with Gasteiger partial charge in [0.1, 0.15) is 5.82 Å². The number of primary sulfonamides is 1. The number of nitrogens with two attached hydrogens (primary N) is 1. The molecule has 0 fully saturated rings. The van der Waals surface area contributed by atoms with Gasteiger partial charge in [-0.3, -0.25) is 4.98 Å². The Morgan fingerprint density at radius 3 is 2.30 bits per heavy atom. The van der Waals surface area contributed by atoms with Gasteiger partial charge in [-0.25, -0.2) is 22.7 Å². The second-order valence-electron chi connectivity index (χ2n) is 6.66. The Morgan fingerprint density at radius 2 is 1.70 bits per heavy atom. The van der Waals surface area contributed by atoms with Crippen LogP contribution in [0.4, 0.5) is 14.9 Å². The molecule has 0 atom stereocenters. The predicted molar refractivity (Wildman–Crippen MR) is 113 cm³/mol. The molecular weight excluding hydrogens is 407 g/mol. The second kappa shape index (κ2) is 9.02. The summed E-state index contributed by atoms with van der Waals surface area (Å²) in [6, 6.07) is 15.3. The molecule has 0 bridgehead atoms. The number of benzene rings is 2. The van der Waals surface area contributed by atoms with Crippen molar-refractivity contribution in [1.29, 1.82) is 0 Å². The first kappa shape index (κ1) is 21.4. The van der Waals surface area contributed by atoms with Gasteiger partial charge in [0.05, 0.1) is 22.0 Å². The van der Waals surface area contributed by atoms with Crippen LogP contribution in [0.5, 0.6) is 0 Å². The molecule has 30 heavy (non-hydrogen) atoms. The average molecular weight is 428 g/mol. The van der Waals surface area contributed by atoms with Gasteiger partial charge in [-0.15, -0.1) is 0 Å². The summed E-state index contributed by atoms with van der Waals surface area (Å²) in [5, 5.41) is 10.6. The Hall–Kier alpha value is -3.30. The van der Waals surface area contributed by atoms with E-state index in [0.29, 0.717) is 30.0 Å². The molecule has 156 valence electrons. The number of sulfonamides is 1. The normalized spacial score (nSPS) is 11.2. The number of carbonyl (C=O) groups is 1. The lowest BCUT2D eigenvalue weighted by atomic mass is 10.1. The van der Waals surface area contributed by atoms with E-state index in [1.54, 1.807) is 43.3 Å². The minimum absolute atomic E-state index is 0.0454. The van der Waals surface area contributed by atoms with Crippen LogP contribution in [0, 0.1) is 12.7 Å². The van der Waals surface area contributed by atoms with Crippen molar-refractivity contribution in [2.24, 2.45) is 5.14 Å². The number of nitrogens with zero attached hydrogens (tertiary/aromatic N) is 1. The molecule has 0 aliphatic heterocycles. The van der Waals surface area contributed by atoms with E-state index < -0.39 is 10.0 Å². The fourth-order valence-electron chi connectivity index (χ4n) is 2.81. The minimum atomic E-state index is -3.72. The van der Waals surface area contributed by atoms with Crippen LogP contribution >= 0.6 is 0 Å². The lowest BCUT2D eigenvalue weighted by Crippen LogP contribution is -2.30. The average Bonchev–Trinajstić information content (AvgIpc) is 2.70. The molecular formula is C21H21FN4O3S. The van der Waals surface area contributed by atoms with E-state index in [-0.39, 0.29) is 16.7 Å². The van der Waals surface area contributed by atoms with E-state index in [2.05, 4.69) is 15.6 Å². The van der Waals surface area contributed by atoms with Crippen molar-refractivity contribution in [3.63, 3.8) is 0 Å². The number of hydrogen-bond acceptors (Lipinski definition) is 4. The highest BCUT2D eigenvalue weighted by atomic mass is 32.2. The van der Waals surface area contributed by atoms with Crippen molar-refractivity contribution < 1.29 is 17.6 Å². The molecule has 0 saturated heterocycles. The summed E-state index contributed by atoms with van der Waals surface area (Å²) in [4.78, 5) is 16.6. The maximum Gasteiger partial charge on any atom is 0.319 e. The number of urea groups is 1. The van der Waals surface area contributed by atoms with Crippen molar-refractivity contribution in [1.82, 2.24) is 10.3 Å². The highest BCUT2D eigenvalue weighted by molar-refractivity contribution is 7.89. The summed E-state index contributed by atoms with van der Waals surface area (Å²) in [7, 11) is -3.72. The van der Waals surface area contributed by atoms with Crippen LogP contribution in [-0.2, 0) is 16.4 Å². The molecule has 1 heterocycles. The minimum Gasteiger partial charge on any atom is -0.338 e. The van der Waals surface area contributed by atoms with Gasteiger partial charge in [-0.2, -0.15) is 0 Å². The molecule has 0 aliphatic rings.